The molecule has 0 radical (unpaired) electrons. The van der Waals surface area contributed by atoms with E-state index in [0.717, 1.165) is 27.8 Å². The molecular weight excluding hydrogens is 352 g/mol. The quantitative estimate of drug-likeness (QED) is 0.460. The van der Waals surface area contributed by atoms with Gasteiger partial charge in [0.05, 0.1) is 11.6 Å². The summed E-state index contributed by atoms with van der Waals surface area (Å²) in [6, 6.07) is 30.0. The maximum atomic E-state index is 9.31. The SMILES string of the molecule is N#Cc1ccccc1CSc1nnc(-c2ccccc2)n1-c1ccccc1. The van der Waals surface area contributed by atoms with Crippen molar-refractivity contribution in [2.45, 2.75) is 10.9 Å². The molecule has 1 heterocycles. The van der Waals surface area contributed by atoms with Crippen LogP contribution in [0.1, 0.15) is 11.1 Å². The minimum atomic E-state index is 0.656. The third-order valence-electron chi connectivity index (χ3n) is 4.17. The Morgan fingerprint density at radius 3 is 2.22 bits per heavy atom. The zero-order chi connectivity index (χ0) is 18.5. The van der Waals surface area contributed by atoms with Crippen LogP contribution in [-0.2, 0) is 5.75 Å². The van der Waals surface area contributed by atoms with Gasteiger partial charge in [-0.1, -0.05) is 78.5 Å². The number of rotatable bonds is 5. The average molecular weight is 368 g/mol. The van der Waals surface area contributed by atoms with Crippen molar-refractivity contribution in [2.75, 3.05) is 0 Å². The van der Waals surface area contributed by atoms with Crippen molar-refractivity contribution in [3.05, 3.63) is 96.1 Å². The summed E-state index contributed by atoms with van der Waals surface area (Å²) in [5.74, 6) is 1.46. The molecule has 5 heteroatoms. The second-order valence-corrected chi connectivity index (χ2v) is 6.84. The molecule has 4 nitrogen and oxygen atoms in total. The predicted octanol–water partition coefficient (Wildman–Crippen LogP) is 5.10. The molecule has 4 rings (SSSR count). The minimum absolute atomic E-state index is 0.656. The topological polar surface area (TPSA) is 54.5 Å². The summed E-state index contributed by atoms with van der Waals surface area (Å²) < 4.78 is 2.06. The van der Waals surface area contributed by atoms with Gasteiger partial charge < -0.3 is 0 Å². The van der Waals surface area contributed by atoms with Crippen LogP contribution in [0, 0.1) is 11.3 Å². The van der Waals surface area contributed by atoms with Crippen molar-refractivity contribution in [3.63, 3.8) is 0 Å². The summed E-state index contributed by atoms with van der Waals surface area (Å²) in [5.41, 5.74) is 3.71. The zero-order valence-corrected chi connectivity index (χ0v) is 15.3. The van der Waals surface area contributed by atoms with E-state index in [1.54, 1.807) is 11.8 Å². The Kier molecular flexibility index (Phi) is 4.99. The molecule has 0 saturated heterocycles. The molecule has 0 fully saturated rings. The van der Waals surface area contributed by atoms with Crippen LogP contribution >= 0.6 is 11.8 Å². The van der Waals surface area contributed by atoms with Crippen molar-refractivity contribution >= 4 is 11.8 Å². The van der Waals surface area contributed by atoms with E-state index in [1.165, 1.54) is 0 Å². The number of hydrogen-bond acceptors (Lipinski definition) is 4. The van der Waals surface area contributed by atoms with Gasteiger partial charge in [0.15, 0.2) is 11.0 Å². The van der Waals surface area contributed by atoms with E-state index in [1.807, 2.05) is 84.9 Å². The van der Waals surface area contributed by atoms with E-state index < -0.39 is 0 Å². The number of hydrogen-bond donors (Lipinski definition) is 0. The second kappa shape index (κ2) is 7.90. The highest BCUT2D eigenvalue weighted by molar-refractivity contribution is 7.98. The fourth-order valence-electron chi connectivity index (χ4n) is 2.84. The molecular formula is C22H16N4S. The Bertz CT molecular complexity index is 1080. The maximum absolute atomic E-state index is 9.31. The second-order valence-electron chi connectivity index (χ2n) is 5.90. The van der Waals surface area contributed by atoms with E-state index >= 15 is 0 Å². The van der Waals surface area contributed by atoms with Gasteiger partial charge in [0.25, 0.3) is 0 Å². The van der Waals surface area contributed by atoms with Crippen LogP contribution in [0.15, 0.2) is 90.1 Å². The van der Waals surface area contributed by atoms with Crippen LogP contribution in [0.2, 0.25) is 0 Å². The Balaban J connectivity index is 1.73. The monoisotopic (exact) mass is 368 g/mol. The number of nitriles is 1. The van der Waals surface area contributed by atoms with Crippen molar-refractivity contribution in [1.29, 1.82) is 5.26 Å². The first kappa shape index (κ1) is 17.1. The fourth-order valence-corrected chi connectivity index (χ4v) is 3.80. The number of benzene rings is 3. The van der Waals surface area contributed by atoms with Gasteiger partial charge >= 0.3 is 0 Å². The van der Waals surface area contributed by atoms with Crippen molar-refractivity contribution in [2.24, 2.45) is 0 Å². The summed E-state index contributed by atoms with van der Waals surface area (Å²) in [7, 11) is 0. The third-order valence-corrected chi connectivity index (χ3v) is 5.15. The van der Waals surface area contributed by atoms with Gasteiger partial charge in [-0.3, -0.25) is 4.57 Å². The lowest BCUT2D eigenvalue weighted by Crippen LogP contribution is -1.99. The van der Waals surface area contributed by atoms with Crippen LogP contribution in [0.4, 0.5) is 0 Å². The molecule has 0 bridgehead atoms. The molecule has 0 amide bonds. The van der Waals surface area contributed by atoms with Crippen LogP contribution < -0.4 is 0 Å². The molecule has 130 valence electrons. The van der Waals surface area contributed by atoms with Gasteiger partial charge in [0.2, 0.25) is 0 Å². The zero-order valence-electron chi connectivity index (χ0n) is 14.5. The smallest absolute Gasteiger partial charge is 0.196 e. The van der Waals surface area contributed by atoms with E-state index in [0.29, 0.717) is 11.3 Å². The molecule has 0 atom stereocenters. The molecule has 0 aliphatic rings. The highest BCUT2D eigenvalue weighted by atomic mass is 32.2. The molecule has 27 heavy (non-hydrogen) atoms. The van der Waals surface area contributed by atoms with Gasteiger partial charge in [-0.15, -0.1) is 10.2 Å². The molecule has 0 saturated carbocycles. The van der Waals surface area contributed by atoms with Gasteiger partial charge in [0.1, 0.15) is 0 Å². The number of thioether (sulfide) groups is 1. The summed E-state index contributed by atoms with van der Waals surface area (Å²) in [6.45, 7) is 0. The number of para-hydroxylation sites is 1. The lowest BCUT2D eigenvalue weighted by atomic mass is 10.1. The minimum Gasteiger partial charge on any atom is -0.270 e. The molecule has 0 aliphatic carbocycles. The Labute approximate surface area is 162 Å². The summed E-state index contributed by atoms with van der Waals surface area (Å²) in [6.07, 6.45) is 0. The standard InChI is InChI=1S/C22H16N4S/c23-15-18-11-7-8-12-19(18)16-27-22-25-24-21(17-9-3-1-4-10-17)26(22)20-13-5-2-6-14-20/h1-14H,16H2. The Morgan fingerprint density at radius 2 is 1.48 bits per heavy atom. The van der Waals surface area contributed by atoms with Crippen LogP contribution in [0.3, 0.4) is 0 Å². The predicted molar refractivity (Wildman–Crippen MR) is 108 cm³/mol. The molecule has 3 aromatic carbocycles. The molecule has 0 unspecified atom stereocenters. The highest BCUT2D eigenvalue weighted by Crippen LogP contribution is 2.30. The van der Waals surface area contributed by atoms with Gasteiger partial charge in [-0.05, 0) is 23.8 Å². The molecule has 0 spiro atoms. The largest absolute Gasteiger partial charge is 0.270 e. The van der Waals surface area contributed by atoms with Gasteiger partial charge in [-0.25, -0.2) is 0 Å². The van der Waals surface area contributed by atoms with E-state index in [2.05, 4.69) is 20.8 Å². The number of nitrogens with zero attached hydrogens (tertiary/aromatic N) is 4. The molecule has 0 N–H and O–H groups in total. The lowest BCUT2D eigenvalue weighted by molar-refractivity contribution is 0.886. The Morgan fingerprint density at radius 1 is 0.815 bits per heavy atom. The van der Waals surface area contributed by atoms with Gasteiger partial charge in [-0.2, -0.15) is 5.26 Å². The van der Waals surface area contributed by atoms with Crippen LogP contribution in [0.25, 0.3) is 17.1 Å². The van der Waals surface area contributed by atoms with Gasteiger partial charge in [0, 0.05) is 17.0 Å². The van der Waals surface area contributed by atoms with E-state index in [4.69, 9.17) is 0 Å². The molecule has 0 aliphatic heterocycles. The molecule has 4 aromatic rings. The lowest BCUT2D eigenvalue weighted by Gasteiger charge is -2.10. The normalized spacial score (nSPS) is 10.5. The van der Waals surface area contributed by atoms with E-state index in [9.17, 15) is 5.26 Å². The summed E-state index contributed by atoms with van der Waals surface area (Å²) >= 11 is 1.58. The van der Waals surface area contributed by atoms with Crippen LogP contribution in [-0.4, -0.2) is 14.8 Å². The van der Waals surface area contributed by atoms with Crippen molar-refractivity contribution < 1.29 is 0 Å². The number of aromatic nitrogens is 3. The first-order valence-electron chi connectivity index (χ1n) is 8.54. The maximum Gasteiger partial charge on any atom is 0.196 e. The summed E-state index contributed by atoms with van der Waals surface area (Å²) in [5, 5.41) is 19.0. The molecule has 1 aromatic heterocycles. The van der Waals surface area contributed by atoms with Crippen molar-refractivity contribution in [1.82, 2.24) is 14.8 Å². The highest BCUT2D eigenvalue weighted by Gasteiger charge is 2.16. The third kappa shape index (κ3) is 3.62. The summed E-state index contributed by atoms with van der Waals surface area (Å²) in [4.78, 5) is 0. The Hall–Kier alpha value is -3.36. The van der Waals surface area contributed by atoms with Crippen LogP contribution in [0.5, 0.6) is 0 Å². The van der Waals surface area contributed by atoms with Crippen molar-refractivity contribution in [3.8, 4) is 23.1 Å². The fraction of sp³-hybridized carbons (Fsp3) is 0.0455. The van der Waals surface area contributed by atoms with E-state index in [-0.39, 0.29) is 0 Å². The average Bonchev–Trinajstić information content (AvgIpc) is 3.17. The first-order chi connectivity index (χ1) is 13.4. The first-order valence-corrected chi connectivity index (χ1v) is 9.52.